The summed E-state index contributed by atoms with van der Waals surface area (Å²) in [5, 5.41) is 12.1. The van der Waals surface area contributed by atoms with Gasteiger partial charge in [-0.2, -0.15) is 0 Å². The maximum Gasteiger partial charge on any atom is 0.270 e. The third-order valence-corrected chi connectivity index (χ3v) is 4.49. The van der Waals surface area contributed by atoms with Gasteiger partial charge >= 0.3 is 0 Å². The average Bonchev–Trinajstić information content (AvgIpc) is 3.02. The highest BCUT2D eigenvalue weighted by Gasteiger charge is 2.21. The van der Waals surface area contributed by atoms with E-state index in [4.69, 9.17) is 4.74 Å². The zero-order chi connectivity index (χ0) is 20.3. The monoisotopic (exact) mass is 389 g/mol. The lowest BCUT2D eigenvalue weighted by atomic mass is 10.2. The summed E-state index contributed by atoms with van der Waals surface area (Å²) in [6.07, 6.45) is 2.24. The van der Waals surface area contributed by atoms with Crippen molar-refractivity contribution in [2.75, 3.05) is 6.61 Å². The van der Waals surface area contributed by atoms with Gasteiger partial charge in [-0.3, -0.25) is 9.20 Å². The van der Waals surface area contributed by atoms with Crippen LogP contribution < -0.4 is 10.1 Å². The topological polar surface area (TPSA) is 75.9 Å². The predicted molar refractivity (Wildman–Crippen MR) is 99.3 cm³/mol. The molecule has 2 heterocycles. The lowest BCUT2D eigenvalue weighted by Gasteiger charge is -2.14. The Bertz CT molecular complexity index is 980. The van der Waals surface area contributed by atoms with Gasteiger partial charge in [-0.1, -0.05) is 13.0 Å². The first-order valence-corrected chi connectivity index (χ1v) is 8.91. The van der Waals surface area contributed by atoms with Crippen molar-refractivity contribution < 1.29 is 23.4 Å². The fourth-order valence-corrected chi connectivity index (χ4v) is 2.89. The second kappa shape index (κ2) is 8.35. The Balaban J connectivity index is 1.91. The minimum Gasteiger partial charge on any atom is -0.485 e. The fraction of sp³-hybridized carbons (Fsp3) is 0.300. The molecule has 0 saturated carbocycles. The number of benzene rings is 1. The number of aliphatic hydroxyl groups is 1. The number of carbonyl (C=O) groups is 1. The summed E-state index contributed by atoms with van der Waals surface area (Å²) >= 11 is 0. The number of hydrogen-bond acceptors (Lipinski definition) is 4. The Labute approximate surface area is 160 Å². The molecule has 0 bridgehead atoms. The zero-order valence-electron chi connectivity index (χ0n) is 15.6. The summed E-state index contributed by atoms with van der Waals surface area (Å²) in [5.74, 6) is -1.47. The molecule has 3 rings (SSSR count). The summed E-state index contributed by atoms with van der Waals surface area (Å²) in [6, 6.07) is 6.52. The first-order chi connectivity index (χ1) is 13.5. The standard InChI is InChI=1S/C20H21F2N3O3/c1-3-13(10-26)24-20(27)18-12(2)23-19-17(8-5-9-25(18)19)28-11-14-15(21)6-4-7-16(14)22/h4-9,13,26H,3,10-11H2,1-2H3,(H,24,27). The maximum atomic E-state index is 13.8. The van der Waals surface area contributed by atoms with E-state index in [-0.39, 0.29) is 30.7 Å². The smallest absolute Gasteiger partial charge is 0.270 e. The van der Waals surface area contributed by atoms with Crippen LogP contribution in [0.2, 0.25) is 0 Å². The van der Waals surface area contributed by atoms with Crippen molar-refractivity contribution >= 4 is 11.6 Å². The van der Waals surface area contributed by atoms with E-state index in [1.807, 2.05) is 6.92 Å². The highest BCUT2D eigenvalue weighted by atomic mass is 19.1. The van der Waals surface area contributed by atoms with Crippen molar-refractivity contribution in [1.29, 1.82) is 0 Å². The number of halogens is 2. The Hall–Kier alpha value is -3.00. The fourth-order valence-electron chi connectivity index (χ4n) is 2.89. The number of nitrogens with zero attached hydrogens (tertiary/aromatic N) is 2. The number of aromatic nitrogens is 2. The van der Waals surface area contributed by atoms with Crippen molar-refractivity contribution in [1.82, 2.24) is 14.7 Å². The number of aryl methyl sites for hydroxylation is 1. The molecule has 0 fully saturated rings. The number of ether oxygens (including phenoxy) is 1. The Morgan fingerprint density at radius 3 is 2.64 bits per heavy atom. The summed E-state index contributed by atoms with van der Waals surface area (Å²) in [4.78, 5) is 17.0. The van der Waals surface area contributed by atoms with Crippen molar-refractivity contribution in [3.05, 3.63) is 65.1 Å². The van der Waals surface area contributed by atoms with Gasteiger partial charge in [-0.25, -0.2) is 13.8 Å². The third kappa shape index (κ3) is 3.82. The number of hydrogen-bond donors (Lipinski definition) is 2. The molecule has 148 valence electrons. The van der Waals surface area contributed by atoms with Crippen LogP contribution in [-0.2, 0) is 6.61 Å². The molecule has 6 nitrogen and oxygen atoms in total. The van der Waals surface area contributed by atoms with Gasteiger partial charge in [0.25, 0.3) is 5.91 Å². The van der Waals surface area contributed by atoms with Crippen LogP contribution in [0.1, 0.15) is 35.1 Å². The number of nitrogens with one attached hydrogen (secondary N) is 1. The molecule has 1 atom stereocenters. The number of rotatable bonds is 7. The Morgan fingerprint density at radius 1 is 1.29 bits per heavy atom. The van der Waals surface area contributed by atoms with Crippen LogP contribution >= 0.6 is 0 Å². The molecule has 0 radical (unpaired) electrons. The third-order valence-electron chi connectivity index (χ3n) is 4.49. The van der Waals surface area contributed by atoms with Crippen LogP contribution in [0.4, 0.5) is 8.78 Å². The second-order valence-corrected chi connectivity index (χ2v) is 6.36. The Kier molecular flexibility index (Phi) is 5.89. The normalized spacial score (nSPS) is 12.2. The molecule has 3 aromatic rings. The van der Waals surface area contributed by atoms with Gasteiger partial charge in [0.2, 0.25) is 0 Å². The van der Waals surface area contributed by atoms with E-state index >= 15 is 0 Å². The van der Waals surface area contributed by atoms with Crippen molar-refractivity contribution in [2.45, 2.75) is 32.9 Å². The molecule has 0 aliphatic carbocycles. The van der Waals surface area contributed by atoms with Crippen LogP contribution in [0.15, 0.2) is 36.5 Å². The van der Waals surface area contributed by atoms with Crippen molar-refractivity contribution in [2.24, 2.45) is 0 Å². The number of carbonyl (C=O) groups excluding carboxylic acids is 1. The molecular formula is C20H21F2N3O3. The number of pyridine rings is 1. The minimum absolute atomic E-state index is 0.166. The van der Waals surface area contributed by atoms with E-state index in [9.17, 15) is 18.7 Å². The largest absolute Gasteiger partial charge is 0.485 e. The van der Waals surface area contributed by atoms with Crippen LogP contribution in [0.25, 0.3) is 5.65 Å². The van der Waals surface area contributed by atoms with Crippen LogP contribution in [0.3, 0.4) is 0 Å². The molecule has 8 heteroatoms. The average molecular weight is 389 g/mol. The molecule has 0 aliphatic rings. The van der Waals surface area contributed by atoms with Crippen LogP contribution in [0, 0.1) is 18.6 Å². The first-order valence-electron chi connectivity index (χ1n) is 8.91. The first kappa shape index (κ1) is 19.8. The lowest BCUT2D eigenvalue weighted by Crippen LogP contribution is -2.37. The molecule has 1 aromatic carbocycles. The van der Waals surface area contributed by atoms with Crippen molar-refractivity contribution in [3.8, 4) is 5.75 Å². The molecule has 1 amide bonds. The van der Waals surface area contributed by atoms with Crippen molar-refractivity contribution in [3.63, 3.8) is 0 Å². The quantitative estimate of drug-likeness (QED) is 0.651. The van der Waals surface area contributed by atoms with Gasteiger partial charge in [0.05, 0.1) is 23.9 Å². The molecule has 0 aliphatic heterocycles. The predicted octanol–water partition coefficient (Wildman–Crippen LogP) is 3.00. The highest BCUT2D eigenvalue weighted by Crippen LogP contribution is 2.24. The van der Waals surface area contributed by atoms with E-state index in [0.29, 0.717) is 29.2 Å². The van der Waals surface area contributed by atoms with Crippen LogP contribution in [0.5, 0.6) is 5.75 Å². The maximum absolute atomic E-state index is 13.8. The number of imidazole rings is 1. The molecular weight excluding hydrogens is 368 g/mol. The summed E-state index contributed by atoms with van der Waals surface area (Å²) < 4.78 is 34.8. The van der Waals surface area contributed by atoms with Gasteiger partial charge in [-0.15, -0.1) is 0 Å². The van der Waals surface area contributed by atoms with E-state index < -0.39 is 11.6 Å². The molecule has 0 saturated heterocycles. The van der Waals surface area contributed by atoms with E-state index in [0.717, 1.165) is 12.1 Å². The number of amides is 1. The highest BCUT2D eigenvalue weighted by molar-refractivity contribution is 5.95. The second-order valence-electron chi connectivity index (χ2n) is 6.36. The summed E-state index contributed by atoms with van der Waals surface area (Å²) in [7, 11) is 0. The van der Waals surface area contributed by atoms with Crippen LogP contribution in [-0.4, -0.2) is 33.0 Å². The molecule has 2 aromatic heterocycles. The van der Waals surface area contributed by atoms with Gasteiger partial charge in [0.15, 0.2) is 11.4 Å². The van der Waals surface area contributed by atoms with E-state index in [1.54, 1.807) is 29.7 Å². The minimum atomic E-state index is -0.693. The lowest BCUT2D eigenvalue weighted by molar-refractivity contribution is 0.0908. The molecule has 0 spiro atoms. The van der Waals surface area contributed by atoms with Gasteiger partial charge in [-0.05, 0) is 37.6 Å². The van der Waals surface area contributed by atoms with E-state index in [2.05, 4.69) is 10.3 Å². The van der Waals surface area contributed by atoms with Gasteiger partial charge < -0.3 is 15.2 Å². The van der Waals surface area contributed by atoms with E-state index in [1.165, 1.54) is 6.07 Å². The zero-order valence-corrected chi connectivity index (χ0v) is 15.6. The molecule has 2 N–H and O–H groups in total. The summed E-state index contributed by atoms with van der Waals surface area (Å²) in [6.45, 7) is 3.06. The Morgan fingerprint density at radius 2 is 2.00 bits per heavy atom. The van der Waals surface area contributed by atoms with Gasteiger partial charge in [0.1, 0.15) is 23.9 Å². The molecule has 28 heavy (non-hydrogen) atoms. The number of aliphatic hydroxyl groups excluding tert-OH is 1. The summed E-state index contributed by atoms with van der Waals surface area (Å²) in [5.41, 5.74) is 0.960. The SMILES string of the molecule is CCC(CO)NC(=O)c1c(C)nc2c(OCc3c(F)cccc3F)cccn12. The van der Waals surface area contributed by atoms with Gasteiger partial charge in [0, 0.05) is 6.20 Å². The molecule has 1 unspecified atom stereocenters. The number of fused-ring (bicyclic) bond motifs is 1.